The van der Waals surface area contributed by atoms with Gasteiger partial charge in [-0.15, -0.1) is 11.3 Å². The quantitative estimate of drug-likeness (QED) is 0.903. The minimum atomic E-state index is -4.48. The maximum atomic E-state index is 12.5. The first kappa shape index (κ1) is 12.6. The molecule has 3 N–H and O–H groups in total. The molecule has 0 fully saturated rings. The van der Waals surface area contributed by atoms with E-state index in [2.05, 4.69) is 15.3 Å². The number of aromatic nitrogens is 2. The Bertz CT molecular complexity index is 524. The Labute approximate surface area is 105 Å². The van der Waals surface area contributed by atoms with E-state index in [1.807, 2.05) is 0 Å². The van der Waals surface area contributed by atoms with Crippen LogP contribution in [0.15, 0.2) is 23.2 Å². The molecule has 2 rings (SSSR count). The third kappa shape index (κ3) is 2.89. The molecule has 0 amide bonds. The van der Waals surface area contributed by atoms with Gasteiger partial charge in [0.05, 0.1) is 35.3 Å². The minimum absolute atomic E-state index is 0.165. The second kappa shape index (κ2) is 4.81. The van der Waals surface area contributed by atoms with Crippen LogP contribution in [0.1, 0.15) is 11.4 Å². The van der Waals surface area contributed by atoms with Crippen molar-refractivity contribution in [3.05, 3.63) is 34.5 Å². The van der Waals surface area contributed by atoms with Crippen molar-refractivity contribution in [2.45, 2.75) is 12.7 Å². The number of nitrogen functional groups attached to an aromatic ring is 1. The molecule has 0 aliphatic heterocycles. The lowest BCUT2D eigenvalue weighted by atomic mass is 10.2. The molecule has 0 unspecified atom stereocenters. The highest BCUT2D eigenvalue weighted by Gasteiger charge is 2.32. The maximum absolute atomic E-state index is 12.5. The molecule has 0 spiro atoms. The molecule has 4 nitrogen and oxygen atoms in total. The summed E-state index contributed by atoms with van der Waals surface area (Å²) in [7, 11) is 0. The average molecular weight is 274 g/mol. The molecule has 0 aliphatic rings. The fraction of sp³-hybridized carbons (Fsp3) is 0.200. The molecule has 0 saturated carbocycles. The van der Waals surface area contributed by atoms with Crippen molar-refractivity contribution < 1.29 is 13.2 Å². The molecule has 0 saturated heterocycles. The molecule has 0 atom stereocenters. The van der Waals surface area contributed by atoms with Gasteiger partial charge in [-0.25, -0.2) is 9.97 Å². The van der Waals surface area contributed by atoms with E-state index in [1.54, 1.807) is 10.9 Å². The Morgan fingerprint density at radius 1 is 1.33 bits per heavy atom. The van der Waals surface area contributed by atoms with Crippen LogP contribution in [0, 0.1) is 0 Å². The van der Waals surface area contributed by atoms with Crippen LogP contribution in [0.5, 0.6) is 0 Å². The van der Waals surface area contributed by atoms with Gasteiger partial charge in [0.1, 0.15) is 5.69 Å². The number of thiazole rings is 1. The van der Waals surface area contributed by atoms with E-state index < -0.39 is 11.9 Å². The highest BCUT2D eigenvalue weighted by molar-refractivity contribution is 7.07. The number of hydrogen-bond donors (Lipinski definition) is 2. The average Bonchev–Trinajstić information content (AvgIpc) is 2.79. The Balaban J connectivity index is 2.16. The van der Waals surface area contributed by atoms with Crippen molar-refractivity contribution in [2.75, 3.05) is 11.1 Å². The molecule has 96 valence electrons. The van der Waals surface area contributed by atoms with Crippen molar-refractivity contribution in [3.8, 4) is 0 Å². The molecule has 0 aromatic carbocycles. The lowest BCUT2D eigenvalue weighted by Gasteiger charge is -2.11. The standard InChI is InChI=1S/C10H9F3N4S/c11-10(12,13)9-1-8(7(14)3-16-9)15-2-6-4-18-5-17-6/h1,3-5H,2,14H2,(H,15,16). The van der Waals surface area contributed by atoms with E-state index in [4.69, 9.17) is 5.73 Å². The predicted molar refractivity (Wildman–Crippen MR) is 63.1 cm³/mol. The van der Waals surface area contributed by atoms with Gasteiger partial charge in [0.25, 0.3) is 0 Å². The van der Waals surface area contributed by atoms with Crippen LogP contribution in [0.3, 0.4) is 0 Å². The van der Waals surface area contributed by atoms with Gasteiger partial charge in [-0.3, -0.25) is 0 Å². The number of alkyl halides is 3. The minimum Gasteiger partial charge on any atom is -0.396 e. The van der Waals surface area contributed by atoms with Gasteiger partial charge in [0, 0.05) is 5.38 Å². The van der Waals surface area contributed by atoms with E-state index in [0.717, 1.165) is 18.0 Å². The normalized spacial score (nSPS) is 11.5. The number of anilines is 2. The summed E-state index contributed by atoms with van der Waals surface area (Å²) in [4.78, 5) is 7.26. The summed E-state index contributed by atoms with van der Waals surface area (Å²) in [5.74, 6) is 0. The van der Waals surface area contributed by atoms with Crippen LogP contribution in [0.4, 0.5) is 24.5 Å². The van der Waals surface area contributed by atoms with Crippen molar-refractivity contribution in [3.63, 3.8) is 0 Å². The molecule has 2 aromatic rings. The van der Waals surface area contributed by atoms with E-state index in [-0.39, 0.29) is 11.4 Å². The van der Waals surface area contributed by atoms with Crippen molar-refractivity contribution in [2.24, 2.45) is 0 Å². The van der Waals surface area contributed by atoms with E-state index in [0.29, 0.717) is 6.54 Å². The van der Waals surface area contributed by atoms with Crippen LogP contribution in [-0.4, -0.2) is 9.97 Å². The molecule has 18 heavy (non-hydrogen) atoms. The molecular formula is C10H9F3N4S. The molecule has 8 heteroatoms. The summed E-state index contributed by atoms with van der Waals surface area (Å²) in [5, 5.41) is 4.61. The molecular weight excluding hydrogens is 265 g/mol. The fourth-order valence-corrected chi connectivity index (χ4v) is 1.84. The first-order chi connectivity index (χ1) is 8.47. The lowest BCUT2D eigenvalue weighted by Crippen LogP contribution is -2.10. The molecule has 0 bridgehead atoms. The summed E-state index contributed by atoms with van der Waals surface area (Å²) in [5.41, 5.74) is 7.34. The number of halogens is 3. The van der Waals surface area contributed by atoms with E-state index in [9.17, 15) is 13.2 Å². The van der Waals surface area contributed by atoms with Crippen molar-refractivity contribution in [1.29, 1.82) is 0 Å². The van der Waals surface area contributed by atoms with Gasteiger partial charge >= 0.3 is 6.18 Å². The molecule has 2 aromatic heterocycles. The van der Waals surface area contributed by atoms with Crippen LogP contribution in [0.2, 0.25) is 0 Å². The zero-order chi connectivity index (χ0) is 13.2. The Hall–Kier alpha value is -1.83. The number of nitrogens with one attached hydrogen (secondary N) is 1. The Kier molecular flexibility index (Phi) is 3.37. The smallest absolute Gasteiger partial charge is 0.396 e. The fourth-order valence-electron chi connectivity index (χ4n) is 1.28. The first-order valence-electron chi connectivity index (χ1n) is 4.90. The molecule has 0 radical (unpaired) electrons. The van der Waals surface area contributed by atoms with E-state index >= 15 is 0 Å². The summed E-state index contributed by atoms with van der Waals surface area (Å²) in [6.45, 7) is 0.314. The lowest BCUT2D eigenvalue weighted by molar-refractivity contribution is -0.141. The number of rotatable bonds is 3. The first-order valence-corrected chi connectivity index (χ1v) is 5.85. The summed E-state index contributed by atoms with van der Waals surface area (Å²) < 4.78 is 37.4. The van der Waals surface area contributed by atoms with Gasteiger partial charge < -0.3 is 11.1 Å². The van der Waals surface area contributed by atoms with Crippen LogP contribution in [0.25, 0.3) is 0 Å². The van der Waals surface area contributed by atoms with Gasteiger partial charge in [-0.1, -0.05) is 0 Å². The summed E-state index contributed by atoms with van der Waals surface area (Å²) in [6, 6.07) is 0.891. The third-order valence-corrected chi connectivity index (χ3v) is 2.80. The highest BCUT2D eigenvalue weighted by atomic mass is 32.1. The highest BCUT2D eigenvalue weighted by Crippen LogP contribution is 2.31. The monoisotopic (exact) mass is 274 g/mol. The van der Waals surface area contributed by atoms with Crippen molar-refractivity contribution >= 4 is 22.7 Å². The molecule has 0 aliphatic carbocycles. The van der Waals surface area contributed by atoms with Crippen molar-refractivity contribution in [1.82, 2.24) is 9.97 Å². The van der Waals surface area contributed by atoms with Crippen LogP contribution >= 0.6 is 11.3 Å². The third-order valence-electron chi connectivity index (χ3n) is 2.17. The molecule has 2 heterocycles. The Morgan fingerprint density at radius 2 is 2.11 bits per heavy atom. The number of nitrogens with zero attached hydrogens (tertiary/aromatic N) is 2. The summed E-state index contributed by atoms with van der Waals surface area (Å²) >= 11 is 1.41. The largest absolute Gasteiger partial charge is 0.433 e. The van der Waals surface area contributed by atoms with Gasteiger partial charge in [0.15, 0.2) is 0 Å². The number of hydrogen-bond acceptors (Lipinski definition) is 5. The SMILES string of the molecule is Nc1cnc(C(F)(F)F)cc1NCc1cscn1. The van der Waals surface area contributed by atoms with Gasteiger partial charge in [0.2, 0.25) is 0 Å². The zero-order valence-corrected chi connectivity index (χ0v) is 9.85. The number of nitrogens with two attached hydrogens (primary N) is 1. The second-order valence-corrected chi connectivity index (χ2v) is 4.21. The summed E-state index contributed by atoms with van der Waals surface area (Å²) in [6.07, 6.45) is -3.49. The predicted octanol–water partition coefficient (Wildman–Crippen LogP) is 2.75. The second-order valence-electron chi connectivity index (χ2n) is 3.49. The zero-order valence-electron chi connectivity index (χ0n) is 9.03. The van der Waals surface area contributed by atoms with Gasteiger partial charge in [-0.05, 0) is 6.07 Å². The maximum Gasteiger partial charge on any atom is 0.433 e. The van der Waals surface area contributed by atoms with Crippen LogP contribution in [-0.2, 0) is 12.7 Å². The topological polar surface area (TPSA) is 63.8 Å². The van der Waals surface area contributed by atoms with E-state index in [1.165, 1.54) is 11.3 Å². The van der Waals surface area contributed by atoms with Gasteiger partial charge in [-0.2, -0.15) is 13.2 Å². The van der Waals surface area contributed by atoms with Crippen LogP contribution < -0.4 is 11.1 Å². The Morgan fingerprint density at radius 3 is 2.72 bits per heavy atom. The number of pyridine rings is 1.